The molecule has 0 aromatic rings. The molecule has 60 valence electrons. The topological polar surface area (TPSA) is 83.5 Å². The van der Waals surface area contributed by atoms with Crippen molar-refractivity contribution in [2.75, 3.05) is 13.3 Å². The Morgan fingerprint density at radius 3 is 2.30 bits per heavy atom. The van der Waals surface area contributed by atoms with Crippen molar-refractivity contribution < 1.29 is 19.4 Å². The molecule has 0 saturated heterocycles. The van der Waals surface area contributed by atoms with Crippen LogP contribution in [-0.4, -0.2) is 35.0 Å². The molecular weight excluding hydrogens is 141 g/mol. The third-order valence-corrected chi connectivity index (χ3v) is 1.25. The van der Waals surface area contributed by atoms with Crippen molar-refractivity contribution in [3.05, 3.63) is 0 Å². The zero-order valence-corrected chi connectivity index (χ0v) is 5.38. The molecule has 0 spiro atoms. The smallest absolute Gasteiger partial charge is 0.326 e. The number of aliphatic carboxylic acids is 1. The van der Waals surface area contributed by atoms with Crippen molar-refractivity contribution in [1.29, 1.82) is 0 Å². The lowest BCUT2D eigenvalue weighted by Gasteiger charge is -2.19. The third kappa shape index (κ3) is 1.93. The summed E-state index contributed by atoms with van der Waals surface area (Å²) in [4.78, 5) is 10.2. The first-order valence-corrected chi connectivity index (χ1v) is 2.76. The average Bonchev–Trinajstić information content (AvgIpc) is 1.88. The molecular formula is C5H10FNO3. The van der Waals surface area contributed by atoms with E-state index in [1.807, 2.05) is 0 Å². The van der Waals surface area contributed by atoms with E-state index in [0.29, 0.717) is 0 Å². The molecule has 0 bridgehead atoms. The summed E-state index contributed by atoms with van der Waals surface area (Å²) in [5.41, 5.74) is 3.25. The Labute approximate surface area is 57.5 Å². The maximum atomic E-state index is 11.6. The monoisotopic (exact) mass is 151 g/mol. The fourth-order valence-electron chi connectivity index (χ4n) is 0.422. The van der Waals surface area contributed by atoms with Crippen LogP contribution in [0.4, 0.5) is 4.39 Å². The molecule has 1 unspecified atom stereocenters. The van der Waals surface area contributed by atoms with Gasteiger partial charge in [-0.1, -0.05) is 0 Å². The molecule has 0 aliphatic carbocycles. The van der Waals surface area contributed by atoms with Crippen molar-refractivity contribution in [3.8, 4) is 0 Å². The first-order chi connectivity index (χ1) is 4.56. The highest BCUT2D eigenvalue weighted by atomic mass is 19.1. The summed E-state index contributed by atoms with van der Waals surface area (Å²) in [5, 5.41) is 16.7. The normalized spacial score (nSPS) is 16.3. The van der Waals surface area contributed by atoms with Gasteiger partial charge in [0.1, 0.15) is 5.54 Å². The minimum Gasteiger partial charge on any atom is -0.480 e. The molecule has 0 rings (SSSR count). The molecule has 4 N–H and O–H groups in total. The first kappa shape index (κ1) is 9.32. The van der Waals surface area contributed by atoms with Gasteiger partial charge in [-0.15, -0.1) is 0 Å². The summed E-state index contributed by atoms with van der Waals surface area (Å²) in [5.74, 6) is -1.38. The van der Waals surface area contributed by atoms with Crippen molar-refractivity contribution in [2.24, 2.45) is 5.73 Å². The lowest BCUT2D eigenvalue weighted by Crippen LogP contribution is -2.51. The summed E-state index contributed by atoms with van der Waals surface area (Å²) < 4.78 is 11.6. The lowest BCUT2D eigenvalue weighted by atomic mass is 9.99. The van der Waals surface area contributed by atoms with E-state index in [1.54, 1.807) is 0 Å². The highest BCUT2D eigenvalue weighted by molar-refractivity contribution is 5.78. The van der Waals surface area contributed by atoms with E-state index in [-0.39, 0.29) is 6.42 Å². The molecule has 10 heavy (non-hydrogen) atoms. The van der Waals surface area contributed by atoms with Gasteiger partial charge < -0.3 is 15.9 Å². The van der Waals surface area contributed by atoms with Crippen LogP contribution < -0.4 is 5.73 Å². The van der Waals surface area contributed by atoms with E-state index in [2.05, 4.69) is 0 Å². The number of carboxylic acids is 1. The van der Waals surface area contributed by atoms with Crippen molar-refractivity contribution >= 4 is 5.97 Å². The maximum absolute atomic E-state index is 11.6. The highest BCUT2D eigenvalue weighted by Crippen LogP contribution is 2.05. The number of hydrogen-bond acceptors (Lipinski definition) is 3. The molecule has 0 saturated carbocycles. The molecule has 0 aromatic heterocycles. The van der Waals surface area contributed by atoms with Crippen LogP contribution >= 0.6 is 0 Å². The van der Waals surface area contributed by atoms with Gasteiger partial charge in [-0.3, -0.25) is 9.18 Å². The predicted octanol–water partition coefficient (Wildman–Crippen LogP) is -0.880. The van der Waals surface area contributed by atoms with E-state index < -0.39 is 24.8 Å². The zero-order chi connectivity index (χ0) is 8.20. The van der Waals surface area contributed by atoms with E-state index in [4.69, 9.17) is 15.9 Å². The number of aliphatic hydroxyl groups excluding tert-OH is 1. The zero-order valence-electron chi connectivity index (χ0n) is 5.38. The summed E-state index contributed by atoms with van der Waals surface area (Å²) in [7, 11) is 0. The number of aliphatic hydroxyl groups is 1. The van der Waals surface area contributed by atoms with Crippen LogP contribution in [0.15, 0.2) is 0 Å². The van der Waals surface area contributed by atoms with Crippen LogP contribution in [0.5, 0.6) is 0 Å². The Morgan fingerprint density at radius 2 is 2.20 bits per heavy atom. The number of rotatable bonds is 4. The van der Waals surface area contributed by atoms with Crippen LogP contribution in [-0.2, 0) is 4.79 Å². The van der Waals surface area contributed by atoms with Crippen molar-refractivity contribution in [1.82, 2.24) is 0 Å². The van der Waals surface area contributed by atoms with Gasteiger partial charge in [-0.25, -0.2) is 0 Å². The van der Waals surface area contributed by atoms with Crippen molar-refractivity contribution in [2.45, 2.75) is 12.0 Å². The summed E-state index contributed by atoms with van der Waals surface area (Å²) in [6, 6.07) is 0. The Hall–Kier alpha value is -0.680. The average molecular weight is 151 g/mol. The SMILES string of the molecule is NC(CO)(CCF)C(=O)O. The van der Waals surface area contributed by atoms with Crippen LogP contribution in [0.3, 0.4) is 0 Å². The number of hydrogen-bond donors (Lipinski definition) is 3. The van der Waals surface area contributed by atoms with Crippen molar-refractivity contribution in [3.63, 3.8) is 0 Å². The van der Waals surface area contributed by atoms with Gasteiger partial charge in [0.05, 0.1) is 13.3 Å². The fourth-order valence-corrected chi connectivity index (χ4v) is 0.422. The van der Waals surface area contributed by atoms with Crippen LogP contribution in [0.2, 0.25) is 0 Å². The third-order valence-electron chi connectivity index (χ3n) is 1.25. The number of carbonyl (C=O) groups is 1. The summed E-state index contributed by atoms with van der Waals surface area (Å²) >= 11 is 0. The number of carboxylic acid groups (broad SMARTS) is 1. The van der Waals surface area contributed by atoms with E-state index in [9.17, 15) is 9.18 Å². The van der Waals surface area contributed by atoms with Crippen LogP contribution in [0, 0.1) is 0 Å². The molecule has 0 fully saturated rings. The minimum absolute atomic E-state index is 0.362. The highest BCUT2D eigenvalue weighted by Gasteiger charge is 2.32. The van der Waals surface area contributed by atoms with Gasteiger partial charge in [0, 0.05) is 6.42 Å². The fraction of sp³-hybridized carbons (Fsp3) is 0.800. The number of halogens is 1. The quantitative estimate of drug-likeness (QED) is 0.487. The molecule has 1 atom stereocenters. The van der Waals surface area contributed by atoms with Gasteiger partial charge >= 0.3 is 5.97 Å². The van der Waals surface area contributed by atoms with Crippen LogP contribution in [0.25, 0.3) is 0 Å². The van der Waals surface area contributed by atoms with Gasteiger partial charge in [-0.05, 0) is 0 Å². The largest absolute Gasteiger partial charge is 0.480 e. The van der Waals surface area contributed by atoms with E-state index >= 15 is 0 Å². The Morgan fingerprint density at radius 1 is 1.70 bits per heavy atom. The first-order valence-electron chi connectivity index (χ1n) is 2.76. The van der Waals surface area contributed by atoms with E-state index in [1.165, 1.54) is 0 Å². The number of nitrogens with two attached hydrogens (primary N) is 1. The summed E-state index contributed by atoms with van der Waals surface area (Å²) in [6.45, 7) is -1.59. The molecule has 0 aliphatic heterocycles. The number of alkyl halides is 1. The molecule has 0 amide bonds. The minimum atomic E-state index is -1.81. The van der Waals surface area contributed by atoms with E-state index in [0.717, 1.165) is 0 Å². The predicted molar refractivity (Wildman–Crippen MR) is 32.2 cm³/mol. The molecule has 0 radical (unpaired) electrons. The maximum Gasteiger partial charge on any atom is 0.326 e. The molecule has 0 aromatic carbocycles. The van der Waals surface area contributed by atoms with Gasteiger partial charge in [0.15, 0.2) is 0 Å². The Balaban J connectivity index is 4.08. The molecule has 5 heteroatoms. The summed E-state index contributed by atoms with van der Waals surface area (Å²) in [6.07, 6.45) is -0.362. The van der Waals surface area contributed by atoms with Gasteiger partial charge in [0.2, 0.25) is 0 Å². The Bertz CT molecular complexity index is 130. The lowest BCUT2D eigenvalue weighted by molar-refractivity contribution is -0.145. The second-order valence-corrected chi connectivity index (χ2v) is 2.06. The molecule has 4 nitrogen and oxygen atoms in total. The second kappa shape index (κ2) is 3.48. The molecule has 0 heterocycles. The van der Waals surface area contributed by atoms with Gasteiger partial charge in [-0.2, -0.15) is 0 Å². The second-order valence-electron chi connectivity index (χ2n) is 2.06. The standard InChI is InChI=1S/C5H10FNO3/c6-2-1-5(7,3-8)4(9)10/h8H,1-3,7H2,(H,9,10). The molecule has 0 aliphatic rings. The van der Waals surface area contributed by atoms with Gasteiger partial charge in [0.25, 0.3) is 0 Å². The Kier molecular flexibility index (Phi) is 3.24. The van der Waals surface area contributed by atoms with Crippen LogP contribution in [0.1, 0.15) is 6.42 Å².